The molecule has 0 aromatic heterocycles. The van der Waals surface area contributed by atoms with Crippen molar-refractivity contribution in [3.8, 4) is 0 Å². The van der Waals surface area contributed by atoms with Crippen LogP contribution in [0.5, 0.6) is 0 Å². The van der Waals surface area contributed by atoms with Crippen molar-refractivity contribution in [3.63, 3.8) is 0 Å². The first-order valence-electron chi connectivity index (χ1n) is 8.91. The Kier molecular flexibility index (Phi) is 20.8. The van der Waals surface area contributed by atoms with Gasteiger partial charge >= 0.3 is 154 Å². The Morgan fingerprint density at radius 1 is 0.846 bits per heavy atom. The van der Waals surface area contributed by atoms with Crippen LogP contribution in [-0.4, -0.2) is 91.3 Å². The second-order valence-corrected chi connectivity index (χ2v) is 8.30. The molecular formula is C17H35Cl3N4OTi. The molecule has 0 spiro atoms. The van der Waals surface area contributed by atoms with Gasteiger partial charge in [-0.2, -0.15) is 0 Å². The van der Waals surface area contributed by atoms with Crippen LogP contribution in [-0.2, 0) is 25.2 Å². The van der Waals surface area contributed by atoms with E-state index in [-0.39, 0.29) is 46.8 Å². The van der Waals surface area contributed by atoms with Crippen molar-refractivity contribution in [1.82, 2.24) is 20.0 Å². The third-order valence-electron chi connectivity index (χ3n) is 4.91. The fourth-order valence-corrected chi connectivity index (χ4v) is 3.40. The summed E-state index contributed by atoms with van der Waals surface area (Å²) >= 11 is 2.11. The zero-order chi connectivity index (χ0) is 17.3. The Labute approximate surface area is 191 Å². The summed E-state index contributed by atoms with van der Waals surface area (Å²) in [6.07, 6.45) is 4.38. The van der Waals surface area contributed by atoms with Crippen LogP contribution in [0.15, 0.2) is 0 Å². The predicted molar refractivity (Wildman–Crippen MR) is 92.4 cm³/mol. The molecule has 0 aliphatic carbocycles. The quantitative estimate of drug-likeness (QED) is 0.390. The summed E-state index contributed by atoms with van der Waals surface area (Å²) in [7, 11) is 6.47. The molecule has 1 atom stereocenters. The maximum atomic E-state index is 12.3. The molecule has 0 saturated carbocycles. The monoisotopic (exact) mass is 464 g/mol. The summed E-state index contributed by atoms with van der Waals surface area (Å²) < 4.78 is -0.345. The van der Waals surface area contributed by atoms with Crippen LogP contribution in [0.25, 0.3) is 0 Å². The standard InChI is InChI=1S/C17H35N4O.3ClH.Ti/c1-16(22)17-8-15-20(3)12-6-10-18-9-5-11-19(2)13-7-14-21(17)4;;;;/h18H,5-15H2,1-4H3;3*1H;/q;;;;+3/p-3. The SMILES string of the molecule is CC(=O)[C]1([Ti+3])CCN(C)CCCNCCCN(C)CCCN1C.[Cl-].[Cl-].[Cl-]. The molecule has 9 heteroatoms. The van der Waals surface area contributed by atoms with Gasteiger partial charge in [-0.3, -0.25) is 0 Å². The van der Waals surface area contributed by atoms with E-state index < -0.39 is 0 Å². The van der Waals surface area contributed by atoms with Crippen molar-refractivity contribution >= 4 is 5.78 Å². The van der Waals surface area contributed by atoms with Gasteiger partial charge in [0.1, 0.15) is 0 Å². The minimum absolute atomic E-state index is 0. The summed E-state index contributed by atoms with van der Waals surface area (Å²) in [6.45, 7) is 9.20. The van der Waals surface area contributed by atoms with Crippen LogP contribution in [0, 0.1) is 0 Å². The number of hydrogen-bond acceptors (Lipinski definition) is 5. The summed E-state index contributed by atoms with van der Waals surface area (Å²) in [5.41, 5.74) is 0. The Bertz CT molecular complexity index is 369. The Hall–Kier alpha value is 1.09. The largest absolute Gasteiger partial charge is 1.00 e. The first kappa shape index (κ1) is 31.8. The zero-order valence-electron chi connectivity index (χ0n) is 16.7. The summed E-state index contributed by atoms with van der Waals surface area (Å²) in [5, 5.41) is 3.53. The van der Waals surface area contributed by atoms with Crippen molar-refractivity contribution in [2.24, 2.45) is 0 Å². The molecule has 1 N–H and O–H groups in total. The van der Waals surface area contributed by atoms with Gasteiger partial charge in [-0.25, -0.2) is 0 Å². The first-order valence-corrected chi connectivity index (χ1v) is 9.69. The summed E-state index contributed by atoms with van der Waals surface area (Å²) in [6, 6.07) is 0. The molecule has 1 saturated heterocycles. The van der Waals surface area contributed by atoms with E-state index in [1.807, 2.05) is 0 Å². The molecule has 0 radical (unpaired) electrons. The zero-order valence-corrected chi connectivity index (χ0v) is 20.5. The maximum Gasteiger partial charge on any atom is -1.00 e. The van der Waals surface area contributed by atoms with Gasteiger partial charge in [-0.05, 0) is 0 Å². The fraction of sp³-hybridized carbons (Fsp3) is 0.941. The first-order chi connectivity index (χ1) is 10.9. The van der Waals surface area contributed by atoms with Crippen LogP contribution in [0.3, 0.4) is 0 Å². The fourth-order valence-electron chi connectivity index (χ4n) is 3.05. The molecule has 5 nitrogen and oxygen atoms in total. The molecule has 26 heavy (non-hydrogen) atoms. The van der Waals surface area contributed by atoms with E-state index in [1.54, 1.807) is 6.92 Å². The molecule has 1 fully saturated rings. The average molecular weight is 466 g/mol. The van der Waals surface area contributed by atoms with E-state index in [9.17, 15) is 4.79 Å². The second-order valence-electron chi connectivity index (χ2n) is 7.01. The smallest absolute Gasteiger partial charge is 1.00 e. The number of carbonyl (C=O) groups is 1. The van der Waals surface area contributed by atoms with E-state index in [2.05, 4.69) is 61.6 Å². The Morgan fingerprint density at radius 2 is 1.31 bits per heavy atom. The summed E-state index contributed by atoms with van der Waals surface area (Å²) in [5.74, 6) is 0.282. The molecule has 1 aliphatic heterocycles. The molecule has 0 aromatic rings. The molecular weight excluding hydrogens is 430 g/mol. The van der Waals surface area contributed by atoms with Gasteiger partial charge in [-0.1, -0.05) is 0 Å². The van der Waals surface area contributed by atoms with Crippen molar-refractivity contribution in [2.75, 3.05) is 67.0 Å². The van der Waals surface area contributed by atoms with Gasteiger partial charge in [0.25, 0.3) is 0 Å². The van der Waals surface area contributed by atoms with Crippen molar-refractivity contribution in [3.05, 3.63) is 0 Å². The van der Waals surface area contributed by atoms with Crippen LogP contribution in [0.4, 0.5) is 0 Å². The molecule has 1 heterocycles. The van der Waals surface area contributed by atoms with Crippen molar-refractivity contribution in [2.45, 2.75) is 36.5 Å². The minimum atomic E-state index is -0.345. The van der Waals surface area contributed by atoms with E-state index in [4.69, 9.17) is 0 Å². The molecule has 0 amide bonds. The normalized spacial score (nSPS) is 26.1. The molecule has 154 valence electrons. The topological polar surface area (TPSA) is 38.8 Å². The van der Waals surface area contributed by atoms with E-state index in [1.165, 1.54) is 12.8 Å². The van der Waals surface area contributed by atoms with Crippen LogP contribution in [0.2, 0.25) is 0 Å². The Morgan fingerprint density at radius 3 is 1.81 bits per heavy atom. The van der Waals surface area contributed by atoms with Gasteiger partial charge < -0.3 is 37.2 Å². The second kappa shape index (κ2) is 17.0. The number of carbonyl (C=O) groups excluding carboxylic acids is 1. The van der Waals surface area contributed by atoms with Gasteiger partial charge in [0, 0.05) is 0 Å². The van der Waals surface area contributed by atoms with Crippen molar-refractivity contribution in [1.29, 1.82) is 0 Å². The van der Waals surface area contributed by atoms with Crippen LogP contribution < -0.4 is 42.5 Å². The predicted octanol–water partition coefficient (Wildman–Crippen LogP) is -8.21. The van der Waals surface area contributed by atoms with Crippen LogP contribution in [0.1, 0.15) is 32.6 Å². The molecule has 0 aromatic carbocycles. The van der Waals surface area contributed by atoms with E-state index in [0.717, 1.165) is 58.7 Å². The van der Waals surface area contributed by atoms with Gasteiger partial charge in [-0.15, -0.1) is 0 Å². The maximum absolute atomic E-state index is 12.3. The van der Waals surface area contributed by atoms with E-state index in [0.29, 0.717) is 0 Å². The summed E-state index contributed by atoms with van der Waals surface area (Å²) in [4.78, 5) is 19.3. The minimum Gasteiger partial charge on any atom is -1.00 e. The number of likely N-dealkylation sites (N-methyl/N-ethyl adjacent to an activating group) is 1. The van der Waals surface area contributed by atoms with Gasteiger partial charge in [0.05, 0.1) is 0 Å². The van der Waals surface area contributed by atoms with Crippen molar-refractivity contribution < 1.29 is 62.5 Å². The average Bonchev–Trinajstić information content (AvgIpc) is 2.50. The van der Waals surface area contributed by atoms with Gasteiger partial charge in [0.15, 0.2) is 0 Å². The third-order valence-corrected chi connectivity index (χ3v) is 6.45. The third kappa shape index (κ3) is 11.8. The number of hydrogen-bond donors (Lipinski definition) is 1. The van der Waals surface area contributed by atoms with Gasteiger partial charge in [0.2, 0.25) is 0 Å². The molecule has 1 rings (SSSR count). The number of nitrogens with zero attached hydrogens (tertiary/aromatic N) is 3. The Balaban J connectivity index is -0.00000176. The van der Waals surface area contributed by atoms with E-state index >= 15 is 0 Å². The number of halogens is 3. The number of rotatable bonds is 1. The number of Topliss-reactive ketones (excluding diaryl/α,β-unsaturated/α-hetero) is 1. The number of ketones is 1. The molecule has 1 aliphatic rings. The molecule has 0 bridgehead atoms. The molecule has 1 unspecified atom stereocenters. The van der Waals surface area contributed by atoms with Crippen LogP contribution >= 0.6 is 0 Å². The number of nitrogens with one attached hydrogen (secondary N) is 1.